The van der Waals surface area contributed by atoms with E-state index in [9.17, 15) is 23.2 Å². The fraction of sp³-hybridized carbons (Fsp3) is 0.471. The van der Waals surface area contributed by atoms with E-state index in [0.717, 1.165) is 36.3 Å². The Balaban J connectivity index is 1.73. The van der Waals surface area contributed by atoms with E-state index in [1.807, 2.05) is 6.92 Å². The number of hydrogen-bond acceptors (Lipinski definition) is 3. The third-order valence-corrected chi connectivity index (χ3v) is 5.03. The minimum atomic E-state index is -0.973. The molecule has 0 radical (unpaired) electrons. The Morgan fingerprint density at radius 3 is 2.64 bits per heavy atom. The topological polar surface area (TPSA) is 78.5 Å². The summed E-state index contributed by atoms with van der Waals surface area (Å²) in [4.78, 5) is 37.8. The highest BCUT2D eigenvalue weighted by molar-refractivity contribution is 6.10. The van der Waals surface area contributed by atoms with E-state index in [4.69, 9.17) is 0 Å². The van der Waals surface area contributed by atoms with Crippen LogP contribution in [-0.4, -0.2) is 34.8 Å². The van der Waals surface area contributed by atoms with E-state index in [1.165, 1.54) is 6.07 Å². The predicted molar refractivity (Wildman–Crippen MR) is 85.6 cm³/mol. The summed E-state index contributed by atoms with van der Waals surface area (Å²) in [6.45, 7) is 1.31. The van der Waals surface area contributed by atoms with E-state index in [1.54, 1.807) is 0 Å². The molecule has 2 atom stereocenters. The number of nitrogens with one attached hydrogen (secondary N) is 2. The summed E-state index contributed by atoms with van der Waals surface area (Å²) in [6.07, 6.45) is 3.14. The highest BCUT2D eigenvalue weighted by Crippen LogP contribution is 2.38. The van der Waals surface area contributed by atoms with Gasteiger partial charge in [-0.15, -0.1) is 0 Å². The standard InChI is InChI=1S/C17H19F2N3O3/c1-10-5-2-3-8-17(10)15(24)22(16(25)21-17)9-13(23)20-14-11(18)6-4-7-12(14)19/h4,6-7,10H,2-3,5,8-9H2,1H3,(H,20,23)(H,21,25)/t10-,17+/m1/s1. The molecule has 2 N–H and O–H groups in total. The van der Waals surface area contributed by atoms with Crippen molar-refractivity contribution in [2.24, 2.45) is 5.92 Å². The Hall–Kier alpha value is -2.51. The highest BCUT2D eigenvalue weighted by Gasteiger charge is 2.55. The molecule has 1 aromatic rings. The number of nitrogens with zero attached hydrogens (tertiary/aromatic N) is 1. The van der Waals surface area contributed by atoms with Gasteiger partial charge < -0.3 is 10.6 Å². The van der Waals surface area contributed by atoms with Gasteiger partial charge in [-0.3, -0.25) is 14.5 Å². The average Bonchev–Trinajstić information content (AvgIpc) is 2.79. The van der Waals surface area contributed by atoms with Gasteiger partial charge in [-0.2, -0.15) is 0 Å². The summed E-state index contributed by atoms with van der Waals surface area (Å²) < 4.78 is 27.2. The third kappa shape index (κ3) is 2.96. The second-order valence-corrected chi connectivity index (χ2v) is 6.58. The quantitative estimate of drug-likeness (QED) is 0.821. The van der Waals surface area contributed by atoms with Crippen LogP contribution < -0.4 is 10.6 Å². The molecule has 2 fully saturated rings. The van der Waals surface area contributed by atoms with Crippen LogP contribution in [0.5, 0.6) is 0 Å². The molecule has 1 aliphatic heterocycles. The average molecular weight is 351 g/mol. The van der Waals surface area contributed by atoms with Crippen molar-refractivity contribution in [2.75, 3.05) is 11.9 Å². The zero-order valence-electron chi connectivity index (χ0n) is 13.8. The van der Waals surface area contributed by atoms with E-state index < -0.39 is 47.3 Å². The first kappa shape index (κ1) is 17.3. The van der Waals surface area contributed by atoms with E-state index >= 15 is 0 Å². The summed E-state index contributed by atoms with van der Waals surface area (Å²) in [5.74, 6) is -3.18. The number of urea groups is 1. The SMILES string of the molecule is C[C@@H]1CCCC[C@]12NC(=O)N(CC(=O)Nc1c(F)cccc1F)C2=O. The van der Waals surface area contributed by atoms with Crippen molar-refractivity contribution in [1.82, 2.24) is 10.2 Å². The number of carbonyl (C=O) groups excluding carboxylic acids is 3. The minimum Gasteiger partial charge on any atom is -0.323 e. The number of amides is 4. The largest absolute Gasteiger partial charge is 0.325 e. The van der Waals surface area contributed by atoms with Crippen molar-refractivity contribution in [1.29, 1.82) is 0 Å². The Kier molecular flexibility index (Phi) is 4.45. The monoisotopic (exact) mass is 351 g/mol. The molecule has 134 valence electrons. The number of anilines is 1. The van der Waals surface area contributed by atoms with Gasteiger partial charge >= 0.3 is 6.03 Å². The van der Waals surface area contributed by atoms with Gasteiger partial charge in [0.1, 0.15) is 29.4 Å². The summed E-state index contributed by atoms with van der Waals surface area (Å²) >= 11 is 0. The van der Waals surface area contributed by atoms with Crippen molar-refractivity contribution in [3.8, 4) is 0 Å². The Bertz CT molecular complexity index is 720. The van der Waals surface area contributed by atoms with Gasteiger partial charge in [0.2, 0.25) is 5.91 Å². The van der Waals surface area contributed by atoms with Crippen molar-refractivity contribution in [3.63, 3.8) is 0 Å². The minimum absolute atomic E-state index is 0.0326. The smallest absolute Gasteiger partial charge is 0.323 e. The van der Waals surface area contributed by atoms with Gasteiger partial charge in [-0.1, -0.05) is 25.8 Å². The van der Waals surface area contributed by atoms with Crippen LogP contribution in [0.4, 0.5) is 19.3 Å². The summed E-state index contributed by atoms with van der Waals surface area (Å²) in [7, 11) is 0. The first-order valence-electron chi connectivity index (χ1n) is 8.23. The molecule has 6 nitrogen and oxygen atoms in total. The third-order valence-electron chi connectivity index (χ3n) is 5.03. The van der Waals surface area contributed by atoms with Crippen molar-refractivity contribution in [2.45, 2.75) is 38.1 Å². The first-order valence-corrected chi connectivity index (χ1v) is 8.23. The lowest BCUT2D eigenvalue weighted by Gasteiger charge is -2.36. The lowest BCUT2D eigenvalue weighted by molar-refractivity contribution is -0.136. The number of imide groups is 1. The second kappa shape index (κ2) is 6.42. The molecule has 4 amide bonds. The molecular weight excluding hydrogens is 332 g/mol. The van der Waals surface area contributed by atoms with E-state index in [0.29, 0.717) is 6.42 Å². The van der Waals surface area contributed by atoms with Gasteiger partial charge in [0.15, 0.2) is 0 Å². The van der Waals surface area contributed by atoms with Crippen molar-refractivity contribution < 1.29 is 23.2 Å². The van der Waals surface area contributed by atoms with Crippen LogP contribution in [0, 0.1) is 17.6 Å². The maximum atomic E-state index is 13.6. The van der Waals surface area contributed by atoms with Crippen LogP contribution in [-0.2, 0) is 9.59 Å². The van der Waals surface area contributed by atoms with Crippen molar-refractivity contribution in [3.05, 3.63) is 29.8 Å². The number of hydrogen-bond donors (Lipinski definition) is 2. The molecule has 25 heavy (non-hydrogen) atoms. The molecule has 8 heteroatoms. The molecule has 1 saturated carbocycles. The maximum Gasteiger partial charge on any atom is 0.325 e. The molecule has 1 aromatic carbocycles. The molecule has 2 aliphatic rings. The zero-order chi connectivity index (χ0) is 18.2. The van der Waals surface area contributed by atoms with E-state index in [2.05, 4.69) is 10.6 Å². The van der Waals surface area contributed by atoms with Crippen LogP contribution in [0.25, 0.3) is 0 Å². The predicted octanol–water partition coefficient (Wildman–Crippen LogP) is 2.40. The molecular formula is C17H19F2N3O3. The molecule has 0 unspecified atom stereocenters. The number of halogens is 2. The van der Waals surface area contributed by atoms with Gasteiger partial charge in [0, 0.05) is 0 Å². The first-order chi connectivity index (χ1) is 11.8. The van der Waals surface area contributed by atoms with Crippen molar-refractivity contribution >= 4 is 23.5 Å². The molecule has 1 heterocycles. The van der Waals surface area contributed by atoms with Gasteiger partial charge in [0.25, 0.3) is 5.91 Å². The fourth-order valence-corrected chi connectivity index (χ4v) is 3.58. The van der Waals surface area contributed by atoms with E-state index in [-0.39, 0.29) is 5.92 Å². The maximum absolute atomic E-state index is 13.6. The Morgan fingerprint density at radius 1 is 1.32 bits per heavy atom. The van der Waals surface area contributed by atoms with Gasteiger partial charge in [0.05, 0.1) is 0 Å². The molecule has 1 spiro atoms. The molecule has 0 bridgehead atoms. The van der Waals surface area contributed by atoms with Crippen LogP contribution in [0.2, 0.25) is 0 Å². The molecule has 1 saturated heterocycles. The Morgan fingerprint density at radius 2 is 2.00 bits per heavy atom. The van der Waals surface area contributed by atoms with Crippen LogP contribution in [0.3, 0.4) is 0 Å². The highest BCUT2D eigenvalue weighted by atomic mass is 19.1. The normalized spacial score (nSPS) is 26.0. The number of carbonyl (C=O) groups is 3. The van der Waals surface area contributed by atoms with Gasteiger partial charge in [-0.25, -0.2) is 13.6 Å². The lowest BCUT2D eigenvalue weighted by atomic mass is 9.73. The summed E-state index contributed by atoms with van der Waals surface area (Å²) in [5.41, 5.74) is -1.57. The molecule has 3 rings (SSSR count). The van der Waals surface area contributed by atoms with Crippen LogP contribution in [0.15, 0.2) is 18.2 Å². The van der Waals surface area contributed by atoms with Crippen LogP contribution in [0.1, 0.15) is 32.6 Å². The number of rotatable bonds is 3. The molecule has 1 aliphatic carbocycles. The molecule has 0 aromatic heterocycles. The zero-order valence-corrected chi connectivity index (χ0v) is 13.8. The van der Waals surface area contributed by atoms with Crippen LogP contribution >= 0.6 is 0 Å². The summed E-state index contributed by atoms with van der Waals surface area (Å²) in [6, 6.07) is 2.53. The lowest BCUT2D eigenvalue weighted by Crippen LogP contribution is -2.54. The summed E-state index contributed by atoms with van der Waals surface area (Å²) in [5, 5.41) is 4.81. The number of benzene rings is 1. The Labute approximate surface area is 143 Å². The fourth-order valence-electron chi connectivity index (χ4n) is 3.58. The van der Waals surface area contributed by atoms with Gasteiger partial charge in [-0.05, 0) is 30.9 Å². The second-order valence-electron chi connectivity index (χ2n) is 6.58. The number of para-hydroxylation sites is 1.